The summed E-state index contributed by atoms with van der Waals surface area (Å²) in [5, 5.41) is 8.31. The second-order valence-corrected chi connectivity index (χ2v) is 4.64. The maximum absolute atomic E-state index is 11.4. The summed E-state index contributed by atoms with van der Waals surface area (Å²) in [5.41, 5.74) is 0. The van der Waals surface area contributed by atoms with Crippen LogP contribution < -0.4 is 4.72 Å². The molecule has 0 fully saturated rings. The number of rotatable bonds is 4. The average molecular weight is 217 g/mol. The minimum Gasteiger partial charge on any atom is -0.480 e. The average Bonchev–Trinajstić information content (AvgIpc) is 2.16. The number of allylic oxidation sites excluding steroid dienone is 4. The molecule has 0 aromatic carbocycles. The zero-order chi connectivity index (χ0) is 10.6. The Kier molecular flexibility index (Phi) is 3.43. The van der Waals surface area contributed by atoms with Crippen molar-refractivity contribution in [2.75, 3.05) is 6.54 Å². The number of aliphatic carboxylic acids is 1. The van der Waals surface area contributed by atoms with Gasteiger partial charge in [0, 0.05) is 0 Å². The summed E-state index contributed by atoms with van der Waals surface area (Å²) in [6.45, 7) is -0.580. The van der Waals surface area contributed by atoms with E-state index < -0.39 is 22.5 Å². The highest BCUT2D eigenvalue weighted by Crippen LogP contribution is 2.16. The molecule has 0 aromatic rings. The van der Waals surface area contributed by atoms with E-state index in [0.717, 1.165) is 0 Å². The second-order valence-electron chi connectivity index (χ2n) is 2.82. The molecule has 0 saturated heterocycles. The van der Waals surface area contributed by atoms with Gasteiger partial charge in [0.25, 0.3) is 0 Å². The van der Waals surface area contributed by atoms with E-state index in [9.17, 15) is 13.2 Å². The normalized spacial score (nSPS) is 16.4. The molecule has 1 aliphatic rings. The van der Waals surface area contributed by atoms with Gasteiger partial charge in [-0.15, -0.1) is 0 Å². The van der Waals surface area contributed by atoms with Crippen LogP contribution in [0.4, 0.5) is 0 Å². The van der Waals surface area contributed by atoms with Crippen molar-refractivity contribution < 1.29 is 18.3 Å². The molecule has 2 N–H and O–H groups in total. The Morgan fingerprint density at radius 2 is 2.29 bits per heavy atom. The summed E-state index contributed by atoms with van der Waals surface area (Å²) in [6, 6.07) is 0. The Bertz CT molecular complexity index is 380. The Hall–Kier alpha value is -1.14. The zero-order valence-corrected chi connectivity index (χ0v) is 8.25. The van der Waals surface area contributed by atoms with Gasteiger partial charge in [-0.3, -0.25) is 4.79 Å². The van der Waals surface area contributed by atoms with Gasteiger partial charge in [-0.1, -0.05) is 12.2 Å². The lowest BCUT2D eigenvalue weighted by Gasteiger charge is -2.09. The summed E-state index contributed by atoms with van der Waals surface area (Å²) in [7, 11) is -3.60. The lowest BCUT2D eigenvalue weighted by Crippen LogP contribution is -2.30. The fourth-order valence-electron chi connectivity index (χ4n) is 1.05. The summed E-state index contributed by atoms with van der Waals surface area (Å²) in [5.74, 6) is -1.19. The van der Waals surface area contributed by atoms with E-state index in [2.05, 4.69) is 0 Å². The molecule has 0 spiro atoms. The lowest BCUT2D eigenvalue weighted by atomic mass is 10.2. The minimum atomic E-state index is -3.60. The third kappa shape index (κ3) is 2.97. The molecular weight excluding hydrogens is 206 g/mol. The van der Waals surface area contributed by atoms with Crippen molar-refractivity contribution >= 4 is 16.0 Å². The molecule has 0 aromatic heterocycles. The number of sulfonamides is 1. The maximum Gasteiger partial charge on any atom is 0.318 e. The van der Waals surface area contributed by atoms with Crippen LogP contribution in [0.3, 0.4) is 0 Å². The fraction of sp³-hybridized carbons (Fsp3) is 0.375. The fourth-order valence-corrected chi connectivity index (χ4v) is 2.20. The van der Waals surface area contributed by atoms with Gasteiger partial charge >= 0.3 is 5.97 Å². The van der Waals surface area contributed by atoms with Gasteiger partial charge in [0.15, 0.2) is 0 Å². The molecule has 0 atom stereocenters. The number of hydrogen-bond donors (Lipinski definition) is 2. The van der Waals surface area contributed by atoms with Crippen LogP contribution in [-0.2, 0) is 14.8 Å². The molecule has 14 heavy (non-hydrogen) atoms. The van der Waals surface area contributed by atoms with E-state index in [1.807, 2.05) is 10.8 Å². The van der Waals surface area contributed by atoms with Crippen molar-refractivity contribution in [3.05, 3.63) is 23.1 Å². The third-order valence-electron chi connectivity index (χ3n) is 1.73. The van der Waals surface area contributed by atoms with Crippen LogP contribution in [0.25, 0.3) is 0 Å². The van der Waals surface area contributed by atoms with Crippen LogP contribution in [0.2, 0.25) is 0 Å². The van der Waals surface area contributed by atoms with Crippen molar-refractivity contribution in [2.24, 2.45) is 0 Å². The highest BCUT2D eigenvalue weighted by Gasteiger charge is 2.18. The van der Waals surface area contributed by atoms with E-state index in [0.29, 0.717) is 12.8 Å². The molecule has 0 heterocycles. The third-order valence-corrected chi connectivity index (χ3v) is 3.29. The van der Waals surface area contributed by atoms with E-state index in [1.165, 1.54) is 6.08 Å². The quantitative estimate of drug-likeness (QED) is 0.705. The molecule has 78 valence electrons. The molecule has 0 unspecified atom stereocenters. The summed E-state index contributed by atoms with van der Waals surface area (Å²) >= 11 is 0. The molecule has 1 aliphatic carbocycles. The summed E-state index contributed by atoms with van der Waals surface area (Å²) < 4.78 is 24.8. The van der Waals surface area contributed by atoms with Gasteiger partial charge in [0.2, 0.25) is 10.0 Å². The topological polar surface area (TPSA) is 83.5 Å². The molecule has 0 saturated carbocycles. The molecule has 6 heteroatoms. The van der Waals surface area contributed by atoms with Gasteiger partial charge in [-0.25, -0.2) is 13.1 Å². The summed E-state index contributed by atoms with van der Waals surface area (Å²) in [4.78, 5) is 10.4. The van der Waals surface area contributed by atoms with Gasteiger partial charge in [-0.2, -0.15) is 0 Å². The Morgan fingerprint density at radius 3 is 2.79 bits per heavy atom. The molecular formula is C8H11NO4S. The monoisotopic (exact) mass is 217 g/mol. The van der Waals surface area contributed by atoms with Crippen LogP contribution >= 0.6 is 0 Å². The van der Waals surface area contributed by atoms with Crippen LogP contribution in [0.5, 0.6) is 0 Å². The molecule has 0 aliphatic heterocycles. The Labute approximate surface area is 82.2 Å². The van der Waals surface area contributed by atoms with Crippen LogP contribution in [0.15, 0.2) is 23.1 Å². The first-order chi connectivity index (χ1) is 6.52. The number of carboxylic acids is 1. The number of carboxylic acid groups (broad SMARTS) is 1. The minimum absolute atomic E-state index is 0.237. The SMILES string of the molecule is O=C(O)CNS(=O)(=O)C1=CC=CCC1. The highest BCUT2D eigenvalue weighted by molar-refractivity contribution is 7.93. The van der Waals surface area contributed by atoms with E-state index >= 15 is 0 Å². The van der Waals surface area contributed by atoms with Crippen LogP contribution in [0, 0.1) is 0 Å². The van der Waals surface area contributed by atoms with Gasteiger partial charge < -0.3 is 5.11 Å². The van der Waals surface area contributed by atoms with Gasteiger partial charge in [-0.05, 0) is 18.9 Å². The van der Waals surface area contributed by atoms with Crippen molar-refractivity contribution in [1.82, 2.24) is 4.72 Å². The first-order valence-electron chi connectivity index (χ1n) is 4.09. The summed E-state index contributed by atoms with van der Waals surface area (Å²) in [6.07, 6.45) is 6.08. The number of hydrogen-bond acceptors (Lipinski definition) is 3. The zero-order valence-electron chi connectivity index (χ0n) is 7.43. The van der Waals surface area contributed by atoms with Gasteiger partial charge in [0.05, 0.1) is 4.91 Å². The predicted molar refractivity (Wildman–Crippen MR) is 51.0 cm³/mol. The van der Waals surface area contributed by atoms with Crippen molar-refractivity contribution in [1.29, 1.82) is 0 Å². The molecule has 5 nitrogen and oxygen atoms in total. The van der Waals surface area contributed by atoms with E-state index in [-0.39, 0.29) is 4.91 Å². The molecule has 0 radical (unpaired) electrons. The van der Waals surface area contributed by atoms with Crippen molar-refractivity contribution in [3.63, 3.8) is 0 Å². The molecule has 0 bridgehead atoms. The van der Waals surface area contributed by atoms with E-state index in [4.69, 9.17) is 5.11 Å². The molecule has 1 rings (SSSR count). The highest BCUT2D eigenvalue weighted by atomic mass is 32.2. The standard InChI is InChI=1S/C8H11NO4S/c10-8(11)6-9-14(12,13)7-4-2-1-3-5-7/h1-2,4,9H,3,5-6H2,(H,10,11). The number of nitrogens with one attached hydrogen (secondary N) is 1. The number of carbonyl (C=O) groups is 1. The predicted octanol–water partition coefficient (Wildman–Crippen LogP) is 0.224. The second kappa shape index (κ2) is 4.39. The van der Waals surface area contributed by atoms with Crippen LogP contribution in [-0.4, -0.2) is 26.0 Å². The van der Waals surface area contributed by atoms with Crippen molar-refractivity contribution in [3.8, 4) is 0 Å². The Balaban J connectivity index is 2.70. The largest absolute Gasteiger partial charge is 0.480 e. The first-order valence-corrected chi connectivity index (χ1v) is 5.58. The van der Waals surface area contributed by atoms with Gasteiger partial charge in [0.1, 0.15) is 6.54 Å². The Morgan fingerprint density at radius 1 is 1.57 bits per heavy atom. The maximum atomic E-state index is 11.4. The lowest BCUT2D eigenvalue weighted by molar-refractivity contribution is -0.135. The molecule has 0 amide bonds. The first kappa shape index (κ1) is 10.9. The van der Waals surface area contributed by atoms with Crippen molar-refractivity contribution in [2.45, 2.75) is 12.8 Å². The van der Waals surface area contributed by atoms with E-state index in [1.54, 1.807) is 6.08 Å². The van der Waals surface area contributed by atoms with Crippen LogP contribution in [0.1, 0.15) is 12.8 Å². The smallest absolute Gasteiger partial charge is 0.318 e.